The minimum absolute atomic E-state index is 0.0954. The number of nitrogens with one attached hydrogen (secondary N) is 1. The third kappa shape index (κ3) is 6.80. The van der Waals surface area contributed by atoms with E-state index in [-0.39, 0.29) is 11.9 Å². The van der Waals surface area contributed by atoms with E-state index in [9.17, 15) is 9.90 Å². The van der Waals surface area contributed by atoms with E-state index in [0.29, 0.717) is 19.5 Å². The van der Waals surface area contributed by atoms with Gasteiger partial charge in [0.15, 0.2) is 0 Å². The molecule has 0 aliphatic rings. The zero-order valence-corrected chi connectivity index (χ0v) is 11.2. The van der Waals surface area contributed by atoms with Gasteiger partial charge in [0.25, 0.3) is 0 Å². The first kappa shape index (κ1) is 15.4. The van der Waals surface area contributed by atoms with Crippen LogP contribution in [0.1, 0.15) is 41.0 Å². The lowest BCUT2D eigenvalue weighted by molar-refractivity contribution is -0.134. The molecular weight excluding hydrogens is 204 g/mol. The highest BCUT2D eigenvalue weighted by Crippen LogP contribution is 2.07. The molecule has 0 fully saturated rings. The maximum Gasteiger partial charge on any atom is 0.224 e. The summed E-state index contributed by atoms with van der Waals surface area (Å²) in [5.74, 6) is 0.0954. The average Bonchev–Trinajstić information content (AvgIpc) is 2.12. The van der Waals surface area contributed by atoms with Crippen LogP contribution in [0.5, 0.6) is 0 Å². The number of carbonyl (C=O) groups excluding carboxylic acids is 1. The summed E-state index contributed by atoms with van der Waals surface area (Å²) in [5.41, 5.74) is -0.826. The van der Waals surface area contributed by atoms with Crippen LogP contribution in [0.4, 0.5) is 0 Å². The molecule has 1 amide bonds. The second-order valence-corrected chi connectivity index (χ2v) is 4.88. The van der Waals surface area contributed by atoms with Gasteiger partial charge in [0.2, 0.25) is 5.91 Å². The Morgan fingerprint density at radius 2 is 2.00 bits per heavy atom. The fourth-order valence-corrected chi connectivity index (χ4v) is 1.66. The molecule has 0 saturated heterocycles. The molecule has 1 atom stereocenters. The smallest absolute Gasteiger partial charge is 0.224 e. The van der Waals surface area contributed by atoms with Crippen molar-refractivity contribution in [3.63, 3.8) is 0 Å². The van der Waals surface area contributed by atoms with Crippen LogP contribution in [-0.2, 0) is 4.79 Å². The van der Waals surface area contributed by atoms with Crippen molar-refractivity contribution in [3.8, 4) is 0 Å². The standard InChI is InChI=1S/C12H26N2O2/c1-6-13-10(3)8-11(15)14(7-2)9-12(4,5)16/h10,13,16H,6-9H2,1-5H3. The molecule has 0 aliphatic heterocycles. The van der Waals surface area contributed by atoms with Gasteiger partial charge in [-0.15, -0.1) is 0 Å². The molecule has 1 unspecified atom stereocenters. The second kappa shape index (κ2) is 6.86. The van der Waals surface area contributed by atoms with E-state index in [2.05, 4.69) is 5.32 Å². The Kier molecular flexibility index (Phi) is 6.60. The molecule has 0 aromatic carbocycles. The number of likely N-dealkylation sites (N-methyl/N-ethyl adjacent to an activating group) is 1. The van der Waals surface area contributed by atoms with Gasteiger partial charge < -0.3 is 15.3 Å². The Labute approximate surface area is 99.0 Å². The predicted octanol–water partition coefficient (Wildman–Crippen LogP) is 0.994. The van der Waals surface area contributed by atoms with Crippen molar-refractivity contribution < 1.29 is 9.90 Å². The Hall–Kier alpha value is -0.610. The molecule has 96 valence electrons. The third-order valence-corrected chi connectivity index (χ3v) is 2.35. The molecule has 0 radical (unpaired) electrons. The largest absolute Gasteiger partial charge is 0.389 e. The Balaban J connectivity index is 4.21. The van der Waals surface area contributed by atoms with Crippen LogP contribution in [0.3, 0.4) is 0 Å². The summed E-state index contributed by atoms with van der Waals surface area (Å²) in [6.45, 7) is 11.3. The van der Waals surface area contributed by atoms with Crippen molar-refractivity contribution in [2.75, 3.05) is 19.6 Å². The zero-order chi connectivity index (χ0) is 12.8. The van der Waals surface area contributed by atoms with E-state index in [1.54, 1.807) is 18.7 Å². The molecule has 0 aromatic heterocycles. The van der Waals surface area contributed by atoms with Crippen molar-refractivity contribution in [2.24, 2.45) is 0 Å². The van der Waals surface area contributed by atoms with Gasteiger partial charge in [-0.05, 0) is 34.2 Å². The van der Waals surface area contributed by atoms with E-state index >= 15 is 0 Å². The van der Waals surface area contributed by atoms with E-state index in [0.717, 1.165) is 6.54 Å². The molecule has 2 N–H and O–H groups in total. The minimum Gasteiger partial charge on any atom is -0.389 e. The first-order valence-corrected chi connectivity index (χ1v) is 6.03. The summed E-state index contributed by atoms with van der Waals surface area (Å²) in [6, 6.07) is 0.188. The molecule has 0 bridgehead atoms. The van der Waals surface area contributed by atoms with Crippen LogP contribution in [0.15, 0.2) is 0 Å². The van der Waals surface area contributed by atoms with Crippen molar-refractivity contribution in [1.82, 2.24) is 10.2 Å². The number of hydrogen-bond acceptors (Lipinski definition) is 3. The van der Waals surface area contributed by atoms with Crippen LogP contribution in [0.25, 0.3) is 0 Å². The van der Waals surface area contributed by atoms with Crippen LogP contribution in [0, 0.1) is 0 Å². The molecular formula is C12H26N2O2. The number of carbonyl (C=O) groups is 1. The molecule has 0 rings (SSSR count). The number of aliphatic hydroxyl groups is 1. The van der Waals surface area contributed by atoms with Gasteiger partial charge in [0.05, 0.1) is 5.60 Å². The third-order valence-electron chi connectivity index (χ3n) is 2.35. The normalized spacial score (nSPS) is 13.6. The lowest BCUT2D eigenvalue weighted by atomic mass is 10.1. The summed E-state index contributed by atoms with van der Waals surface area (Å²) < 4.78 is 0. The molecule has 0 heterocycles. The van der Waals surface area contributed by atoms with Gasteiger partial charge in [-0.2, -0.15) is 0 Å². The molecule has 16 heavy (non-hydrogen) atoms. The summed E-state index contributed by atoms with van der Waals surface area (Å²) >= 11 is 0. The van der Waals surface area contributed by atoms with Crippen molar-refractivity contribution in [3.05, 3.63) is 0 Å². The highest BCUT2D eigenvalue weighted by atomic mass is 16.3. The Morgan fingerprint density at radius 1 is 1.44 bits per heavy atom. The first-order chi connectivity index (χ1) is 7.30. The van der Waals surface area contributed by atoms with Crippen LogP contribution in [-0.4, -0.2) is 47.2 Å². The van der Waals surface area contributed by atoms with Gasteiger partial charge in [-0.1, -0.05) is 6.92 Å². The number of amides is 1. The quantitative estimate of drug-likeness (QED) is 0.686. The maximum absolute atomic E-state index is 11.9. The van der Waals surface area contributed by atoms with Gasteiger partial charge in [0.1, 0.15) is 0 Å². The summed E-state index contributed by atoms with van der Waals surface area (Å²) in [6.07, 6.45) is 0.484. The lowest BCUT2D eigenvalue weighted by Gasteiger charge is -2.29. The second-order valence-electron chi connectivity index (χ2n) is 4.88. The van der Waals surface area contributed by atoms with E-state index in [1.165, 1.54) is 0 Å². The fourth-order valence-electron chi connectivity index (χ4n) is 1.66. The highest BCUT2D eigenvalue weighted by molar-refractivity contribution is 5.76. The Morgan fingerprint density at radius 3 is 2.38 bits per heavy atom. The molecule has 0 aromatic rings. The summed E-state index contributed by atoms with van der Waals surface area (Å²) in [7, 11) is 0. The first-order valence-electron chi connectivity index (χ1n) is 6.03. The summed E-state index contributed by atoms with van der Waals surface area (Å²) in [4.78, 5) is 13.6. The van der Waals surface area contributed by atoms with Crippen molar-refractivity contribution in [2.45, 2.75) is 52.7 Å². The zero-order valence-electron chi connectivity index (χ0n) is 11.2. The molecule has 4 heteroatoms. The van der Waals surface area contributed by atoms with Gasteiger partial charge in [-0.3, -0.25) is 4.79 Å². The van der Waals surface area contributed by atoms with Crippen LogP contribution < -0.4 is 5.32 Å². The summed E-state index contributed by atoms with van der Waals surface area (Å²) in [5, 5.41) is 12.9. The predicted molar refractivity (Wildman–Crippen MR) is 66.3 cm³/mol. The fraction of sp³-hybridized carbons (Fsp3) is 0.917. The average molecular weight is 230 g/mol. The lowest BCUT2D eigenvalue weighted by Crippen LogP contribution is -2.44. The number of rotatable bonds is 7. The van der Waals surface area contributed by atoms with Crippen LogP contribution >= 0.6 is 0 Å². The monoisotopic (exact) mass is 230 g/mol. The molecule has 0 aliphatic carbocycles. The minimum atomic E-state index is -0.826. The number of hydrogen-bond donors (Lipinski definition) is 2. The molecule has 0 saturated carbocycles. The van der Waals surface area contributed by atoms with E-state index in [4.69, 9.17) is 0 Å². The maximum atomic E-state index is 11.9. The van der Waals surface area contributed by atoms with E-state index in [1.807, 2.05) is 20.8 Å². The van der Waals surface area contributed by atoms with Crippen LogP contribution in [0.2, 0.25) is 0 Å². The van der Waals surface area contributed by atoms with Gasteiger partial charge in [0, 0.05) is 25.6 Å². The number of nitrogens with zero attached hydrogens (tertiary/aromatic N) is 1. The molecule has 4 nitrogen and oxygen atoms in total. The molecule has 0 spiro atoms. The highest BCUT2D eigenvalue weighted by Gasteiger charge is 2.22. The topological polar surface area (TPSA) is 52.6 Å². The van der Waals surface area contributed by atoms with Gasteiger partial charge >= 0.3 is 0 Å². The van der Waals surface area contributed by atoms with Gasteiger partial charge in [-0.25, -0.2) is 0 Å². The van der Waals surface area contributed by atoms with E-state index < -0.39 is 5.60 Å². The Bertz CT molecular complexity index is 212. The van der Waals surface area contributed by atoms with Crippen molar-refractivity contribution in [1.29, 1.82) is 0 Å². The van der Waals surface area contributed by atoms with Crippen molar-refractivity contribution >= 4 is 5.91 Å². The SMILES string of the molecule is CCNC(C)CC(=O)N(CC)CC(C)(C)O.